The van der Waals surface area contributed by atoms with Crippen molar-refractivity contribution in [1.29, 1.82) is 0 Å². The minimum absolute atomic E-state index is 0.0848. The molecule has 0 bridgehead atoms. The summed E-state index contributed by atoms with van der Waals surface area (Å²) < 4.78 is 4.85. The molecule has 1 aromatic carbocycles. The van der Waals surface area contributed by atoms with Crippen LogP contribution in [0.2, 0.25) is 0 Å². The van der Waals surface area contributed by atoms with E-state index in [2.05, 4.69) is 10.5 Å². The van der Waals surface area contributed by atoms with Crippen molar-refractivity contribution in [2.75, 3.05) is 5.32 Å². The maximum absolute atomic E-state index is 10.9. The summed E-state index contributed by atoms with van der Waals surface area (Å²) in [5.74, 6) is -0.629. The van der Waals surface area contributed by atoms with Gasteiger partial charge in [0.15, 0.2) is 5.76 Å². The first-order valence-electron chi connectivity index (χ1n) is 5.16. The van der Waals surface area contributed by atoms with E-state index in [-0.39, 0.29) is 5.69 Å². The van der Waals surface area contributed by atoms with Gasteiger partial charge in [0.2, 0.25) is 5.69 Å². The molecule has 2 N–H and O–H groups in total. The Bertz CT molecular complexity index is 520. The third-order valence-corrected chi connectivity index (χ3v) is 2.38. The maximum Gasteiger partial charge on any atom is 0.360 e. The first-order valence-corrected chi connectivity index (χ1v) is 5.16. The zero-order valence-electron chi connectivity index (χ0n) is 9.30. The zero-order chi connectivity index (χ0) is 12.3. The van der Waals surface area contributed by atoms with E-state index in [1.165, 1.54) is 0 Å². The van der Waals surface area contributed by atoms with Gasteiger partial charge >= 0.3 is 5.97 Å². The number of nitrogens with one attached hydrogen (secondary N) is 1. The summed E-state index contributed by atoms with van der Waals surface area (Å²) in [6.45, 7) is 2.20. The number of carbonyl (C=O) groups is 1. The minimum atomic E-state index is -1.10. The van der Waals surface area contributed by atoms with E-state index in [4.69, 9.17) is 9.63 Å². The van der Waals surface area contributed by atoms with Crippen LogP contribution in [-0.4, -0.2) is 16.2 Å². The van der Waals surface area contributed by atoms with Crippen molar-refractivity contribution in [3.63, 3.8) is 0 Å². The van der Waals surface area contributed by atoms with Crippen molar-refractivity contribution < 1.29 is 14.4 Å². The molecule has 0 unspecified atom stereocenters. The highest BCUT2D eigenvalue weighted by Crippen LogP contribution is 2.20. The number of hydrogen-bond acceptors (Lipinski definition) is 4. The predicted octanol–water partition coefficient (Wildman–Crippen LogP) is 2.29. The normalized spacial score (nSPS) is 10.2. The second-order valence-electron chi connectivity index (χ2n) is 3.61. The molecular weight excluding hydrogens is 220 g/mol. The van der Waals surface area contributed by atoms with Crippen molar-refractivity contribution >= 4 is 11.7 Å². The van der Waals surface area contributed by atoms with Gasteiger partial charge in [0.1, 0.15) is 5.69 Å². The molecule has 0 amide bonds. The number of nitrogens with zero attached hydrogens (tertiary/aromatic N) is 1. The summed E-state index contributed by atoms with van der Waals surface area (Å²) >= 11 is 0. The Morgan fingerprint density at radius 1 is 1.41 bits per heavy atom. The van der Waals surface area contributed by atoms with Crippen LogP contribution < -0.4 is 5.32 Å². The zero-order valence-corrected chi connectivity index (χ0v) is 9.30. The lowest BCUT2D eigenvalue weighted by molar-refractivity contribution is 0.0686. The lowest BCUT2D eigenvalue weighted by atomic mass is 10.2. The van der Waals surface area contributed by atoms with Crippen LogP contribution in [0.5, 0.6) is 0 Å². The number of anilines is 1. The highest BCUT2D eigenvalue weighted by atomic mass is 16.5. The fourth-order valence-electron chi connectivity index (χ4n) is 1.51. The molecule has 5 heteroatoms. The highest BCUT2D eigenvalue weighted by molar-refractivity contribution is 5.92. The maximum atomic E-state index is 10.9. The molecule has 0 saturated carbocycles. The van der Waals surface area contributed by atoms with E-state index in [1.54, 1.807) is 6.92 Å². The van der Waals surface area contributed by atoms with Crippen LogP contribution in [0.4, 0.5) is 5.69 Å². The molecule has 0 aliphatic heterocycles. The molecule has 88 valence electrons. The Morgan fingerprint density at radius 2 is 2.12 bits per heavy atom. The summed E-state index contributed by atoms with van der Waals surface area (Å²) in [7, 11) is 0. The van der Waals surface area contributed by atoms with Crippen LogP contribution >= 0.6 is 0 Å². The molecule has 0 fully saturated rings. The summed E-state index contributed by atoms with van der Waals surface area (Å²) in [5.41, 5.74) is 1.41. The predicted molar refractivity (Wildman–Crippen MR) is 62.0 cm³/mol. The molecule has 0 aliphatic carbocycles. The van der Waals surface area contributed by atoms with E-state index < -0.39 is 5.97 Å². The van der Waals surface area contributed by atoms with Crippen LogP contribution in [0.1, 0.15) is 21.8 Å². The Balaban J connectivity index is 2.14. The number of carboxylic acid groups (broad SMARTS) is 1. The smallest absolute Gasteiger partial charge is 0.360 e. The lowest BCUT2D eigenvalue weighted by Crippen LogP contribution is -2.06. The van der Waals surface area contributed by atoms with Gasteiger partial charge in [-0.1, -0.05) is 35.5 Å². The molecule has 5 nitrogen and oxygen atoms in total. The van der Waals surface area contributed by atoms with Crippen molar-refractivity contribution in [3.05, 3.63) is 47.3 Å². The largest absolute Gasteiger partial charge is 0.476 e. The number of aromatic nitrogens is 1. The fraction of sp³-hybridized carbons (Fsp3) is 0.167. The van der Waals surface area contributed by atoms with Crippen LogP contribution in [0.25, 0.3) is 0 Å². The standard InChI is InChI=1S/C12H12N2O3/c1-8-10(11(12(15)16)14-17-8)13-7-9-5-3-2-4-6-9/h2-6,13H,7H2,1H3,(H,15,16). The van der Waals surface area contributed by atoms with Gasteiger partial charge in [-0.25, -0.2) is 4.79 Å². The Morgan fingerprint density at radius 3 is 2.76 bits per heavy atom. The van der Waals surface area contributed by atoms with Gasteiger partial charge in [0, 0.05) is 6.54 Å². The van der Waals surface area contributed by atoms with E-state index >= 15 is 0 Å². The Labute approximate surface area is 98.1 Å². The summed E-state index contributed by atoms with van der Waals surface area (Å²) in [6.07, 6.45) is 0. The number of rotatable bonds is 4. The van der Waals surface area contributed by atoms with Gasteiger partial charge in [0.05, 0.1) is 0 Å². The van der Waals surface area contributed by atoms with E-state index in [9.17, 15) is 4.79 Å². The number of hydrogen-bond donors (Lipinski definition) is 2. The van der Waals surface area contributed by atoms with E-state index in [0.29, 0.717) is 18.0 Å². The number of aromatic carboxylic acids is 1. The van der Waals surface area contributed by atoms with Gasteiger partial charge in [-0.2, -0.15) is 0 Å². The van der Waals surface area contributed by atoms with Gasteiger partial charge < -0.3 is 14.9 Å². The average molecular weight is 232 g/mol. The molecule has 0 saturated heterocycles. The van der Waals surface area contributed by atoms with Crippen LogP contribution in [0, 0.1) is 6.92 Å². The molecule has 2 aromatic rings. The monoisotopic (exact) mass is 232 g/mol. The molecule has 17 heavy (non-hydrogen) atoms. The van der Waals surface area contributed by atoms with Crippen molar-refractivity contribution in [2.45, 2.75) is 13.5 Å². The lowest BCUT2D eigenvalue weighted by Gasteiger charge is -2.04. The second kappa shape index (κ2) is 4.69. The van der Waals surface area contributed by atoms with E-state index in [1.807, 2.05) is 30.3 Å². The van der Waals surface area contributed by atoms with Crippen molar-refractivity contribution in [3.8, 4) is 0 Å². The number of aryl methyl sites for hydroxylation is 1. The van der Waals surface area contributed by atoms with Gasteiger partial charge in [-0.3, -0.25) is 0 Å². The van der Waals surface area contributed by atoms with Crippen LogP contribution in [0.3, 0.4) is 0 Å². The van der Waals surface area contributed by atoms with Gasteiger partial charge in [-0.15, -0.1) is 0 Å². The van der Waals surface area contributed by atoms with Gasteiger partial charge in [-0.05, 0) is 12.5 Å². The third-order valence-electron chi connectivity index (χ3n) is 2.38. The topological polar surface area (TPSA) is 75.4 Å². The Hall–Kier alpha value is -2.30. The van der Waals surface area contributed by atoms with E-state index in [0.717, 1.165) is 5.56 Å². The molecule has 0 spiro atoms. The second-order valence-corrected chi connectivity index (χ2v) is 3.61. The molecule has 1 heterocycles. The Kier molecular flexibility index (Phi) is 3.09. The molecule has 2 rings (SSSR count). The van der Waals surface area contributed by atoms with Crippen molar-refractivity contribution in [1.82, 2.24) is 5.16 Å². The average Bonchev–Trinajstić information content (AvgIpc) is 2.69. The number of carboxylic acids is 1. The quantitative estimate of drug-likeness (QED) is 0.845. The summed E-state index contributed by atoms with van der Waals surface area (Å²) in [4.78, 5) is 10.9. The molecule has 0 atom stereocenters. The molecule has 0 radical (unpaired) electrons. The van der Waals surface area contributed by atoms with Gasteiger partial charge in [0.25, 0.3) is 0 Å². The first-order chi connectivity index (χ1) is 8.18. The summed E-state index contributed by atoms with van der Waals surface area (Å²) in [6, 6.07) is 9.69. The summed E-state index contributed by atoms with van der Waals surface area (Å²) in [5, 5.41) is 15.4. The third kappa shape index (κ3) is 2.44. The molecule has 0 aliphatic rings. The number of benzene rings is 1. The van der Waals surface area contributed by atoms with Crippen molar-refractivity contribution in [2.24, 2.45) is 0 Å². The molecular formula is C12H12N2O3. The highest BCUT2D eigenvalue weighted by Gasteiger charge is 2.18. The van der Waals surface area contributed by atoms with Crippen LogP contribution in [0.15, 0.2) is 34.9 Å². The minimum Gasteiger partial charge on any atom is -0.476 e. The fourth-order valence-corrected chi connectivity index (χ4v) is 1.51. The van der Waals surface area contributed by atoms with Crippen LogP contribution in [-0.2, 0) is 6.54 Å². The first kappa shape index (κ1) is 11.2. The SMILES string of the molecule is Cc1onc(C(=O)O)c1NCc1ccccc1. The molecule has 1 aromatic heterocycles.